The van der Waals surface area contributed by atoms with Gasteiger partial charge in [-0.3, -0.25) is 30.0 Å². The van der Waals surface area contributed by atoms with Crippen LogP contribution in [0.3, 0.4) is 0 Å². The topological polar surface area (TPSA) is 134 Å². The Bertz CT molecular complexity index is 834. The fourth-order valence-corrected chi connectivity index (χ4v) is 3.46. The highest BCUT2D eigenvalue weighted by molar-refractivity contribution is 5.97. The Balaban J connectivity index is 1.63. The number of hydrazine groups is 1. The molecule has 1 aromatic carbocycles. The molecular formula is C18H19N3O6. The smallest absolute Gasteiger partial charge is 0.310 e. The molecule has 4 N–H and O–H groups in total. The van der Waals surface area contributed by atoms with E-state index in [0.29, 0.717) is 5.69 Å². The van der Waals surface area contributed by atoms with Crippen molar-refractivity contribution in [3.63, 3.8) is 0 Å². The normalized spacial score (nSPS) is 27.9. The zero-order valence-corrected chi connectivity index (χ0v) is 14.7. The number of hydrogen-bond donors (Lipinski definition) is 4. The fourth-order valence-electron chi connectivity index (χ4n) is 3.46. The van der Waals surface area contributed by atoms with Gasteiger partial charge in [0.2, 0.25) is 11.8 Å². The molecule has 0 saturated carbocycles. The number of benzene rings is 1. The van der Waals surface area contributed by atoms with Crippen molar-refractivity contribution >= 4 is 29.4 Å². The zero-order chi connectivity index (χ0) is 19.8. The maximum absolute atomic E-state index is 12.5. The number of fused-ring (bicyclic) bond motifs is 2. The molecule has 0 aliphatic carbocycles. The average Bonchev–Trinajstić information content (AvgIpc) is 3.13. The molecule has 3 rings (SSSR count). The van der Waals surface area contributed by atoms with E-state index in [1.54, 1.807) is 31.2 Å². The first kappa shape index (κ1) is 18.6. The fraction of sp³-hybridized carbons (Fsp3) is 0.333. The number of carbonyl (C=O) groups excluding carboxylic acids is 3. The Morgan fingerprint density at radius 2 is 1.78 bits per heavy atom. The number of amides is 3. The largest absolute Gasteiger partial charge is 0.481 e. The van der Waals surface area contributed by atoms with Gasteiger partial charge in [0, 0.05) is 18.2 Å². The van der Waals surface area contributed by atoms with Crippen LogP contribution in [-0.4, -0.2) is 40.5 Å². The maximum atomic E-state index is 12.5. The number of carboxylic acid groups (broad SMARTS) is 1. The average molecular weight is 373 g/mol. The molecule has 0 spiro atoms. The molecule has 0 aromatic heterocycles. The van der Waals surface area contributed by atoms with Gasteiger partial charge in [0.25, 0.3) is 5.91 Å². The summed E-state index contributed by atoms with van der Waals surface area (Å²) in [5.41, 5.74) is 4.32. The SMILES string of the molecule is CC(=O)Nc1ccc(C(=O)NNC(=O)[C@@H]2[C@H](C(=O)O)[C@H]3C=C[C@@]2(C)O3)cc1. The van der Waals surface area contributed by atoms with Gasteiger partial charge in [-0.05, 0) is 31.2 Å². The number of hydrogen-bond acceptors (Lipinski definition) is 5. The van der Waals surface area contributed by atoms with Crippen molar-refractivity contribution in [1.29, 1.82) is 0 Å². The minimum atomic E-state index is -1.13. The Kier molecular flexibility index (Phi) is 4.71. The molecule has 0 unspecified atom stereocenters. The van der Waals surface area contributed by atoms with E-state index in [1.165, 1.54) is 19.1 Å². The minimum absolute atomic E-state index is 0.233. The van der Waals surface area contributed by atoms with Crippen LogP contribution in [0.15, 0.2) is 36.4 Å². The van der Waals surface area contributed by atoms with Gasteiger partial charge in [-0.15, -0.1) is 0 Å². The molecule has 1 aromatic rings. The van der Waals surface area contributed by atoms with Gasteiger partial charge in [-0.1, -0.05) is 12.2 Å². The number of carbonyl (C=O) groups is 4. The van der Waals surface area contributed by atoms with Gasteiger partial charge in [0.05, 0.1) is 17.6 Å². The summed E-state index contributed by atoms with van der Waals surface area (Å²) < 4.78 is 5.60. The predicted molar refractivity (Wildman–Crippen MR) is 93.4 cm³/mol. The summed E-state index contributed by atoms with van der Waals surface area (Å²) in [5, 5.41) is 12.0. The zero-order valence-electron chi connectivity index (χ0n) is 14.7. The number of ether oxygens (including phenoxy) is 1. The molecule has 142 valence electrons. The van der Waals surface area contributed by atoms with Crippen molar-refractivity contribution in [2.45, 2.75) is 25.6 Å². The number of rotatable bonds is 4. The van der Waals surface area contributed by atoms with E-state index < -0.39 is 41.3 Å². The molecule has 9 heteroatoms. The second kappa shape index (κ2) is 6.84. The van der Waals surface area contributed by atoms with Crippen LogP contribution in [0.4, 0.5) is 5.69 Å². The summed E-state index contributed by atoms with van der Waals surface area (Å²) in [7, 11) is 0. The summed E-state index contributed by atoms with van der Waals surface area (Å²) in [6.45, 7) is 3.01. The van der Waals surface area contributed by atoms with Gasteiger partial charge in [0.15, 0.2) is 0 Å². The molecule has 0 radical (unpaired) electrons. The third kappa shape index (κ3) is 3.54. The maximum Gasteiger partial charge on any atom is 0.310 e. The summed E-state index contributed by atoms with van der Waals surface area (Å²) >= 11 is 0. The van der Waals surface area contributed by atoms with Crippen LogP contribution in [0.1, 0.15) is 24.2 Å². The molecule has 2 aliphatic rings. The highest BCUT2D eigenvalue weighted by Crippen LogP contribution is 2.46. The lowest BCUT2D eigenvalue weighted by molar-refractivity contribution is -0.147. The van der Waals surface area contributed by atoms with Gasteiger partial charge in [-0.2, -0.15) is 0 Å². The van der Waals surface area contributed by atoms with Gasteiger partial charge in [-0.25, -0.2) is 0 Å². The van der Waals surface area contributed by atoms with Gasteiger partial charge in [0.1, 0.15) is 5.92 Å². The van der Waals surface area contributed by atoms with E-state index in [4.69, 9.17) is 4.74 Å². The predicted octanol–water partition coefficient (Wildman–Crippen LogP) is 0.450. The standard InChI is InChI=1S/C18H19N3O6/c1-9(22)19-11-5-3-10(4-6-11)15(23)20-21-16(24)14-13(17(25)26)12-7-8-18(14,2)27-12/h3-8,12-14H,1-2H3,(H,19,22)(H,20,23)(H,21,24)(H,25,26)/t12-,13-,14+,18-/m1/s1. The Labute approximate surface area is 154 Å². The Morgan fingerprint density at radius 1 is 1.11 bits per heavy atom. The molecule has 27 heavy (non-hydrogen) atoms. The van der Waals surface area contributed by atoms with Gasteiger partial charge < -0.3 is 15.2 Å². The summed E-state index contributed by atoms with van der Waals surface area (Å²) in [5.74, 6) is -4.56. The number of nitrogens with one attached hydrogen (secondary N) is 3. The third-order valence-corrected chi connectivity index (χ3v) is 4.67. The van der Waals surface area contributed by atoms with Crippen LogP contribution in [0.5, 0.6) is 0 Å². The van der Waals surface area contributed by atoms with E-state index in [9.17, 15) is 24.3 Å². The van der Waals surface area contributed by atoms with Crippen molar-refractivity contribution in [3.05, 3.63) is 42.0 Å². The first-order chi connectivity index (χ1) is 12.7. The lowest BCUT2D eigenvalue weighted by Crippen LogP contribution is -2.52. The second-order valence-corrected chi connectivity index (χ2v) is 6.67. The van der Waals surface area contributed by atoms with Crippen molar-refractivity contribution in [1.82, 2.24) is 10.9 Å². The quantitative estimate of drug-likeness (QED) is 0.447. The van der Waals surface area contributed by atoms with Crippen molar-refractivity contribution < 1.29 is 29.0 Å². The highest BCUT2D eigenvalue weighted by Gasteiger charge is 2.59. The Morgan fingerprint density at radius 3 is 2.37 bits per heavy atom. The van der Waals surface area contributed by atoms with Crippen LogP contribution in [0.25, 0.3) is 0 Å². The van der Waals surface area contributed by atoms with E-state index in [1.807, 2.05) is 0 Å². The van der Waals surface area contributed by atoms with E-state index in [2.05, 4.69) is 16.2 Å². The lowest BCUT2D eigenvalue weighted by atomic mass is 9.76. The van der Waals surface area contributed by atoms with E-state index in [0.717, 1.165) is 0 Å². The van der Waals surface area contributed by atoms with E-state index in [-0.39, 0.29) is 11.5 Å². The summed E-state index contributed by atoms with van der Waals surface area (Å²) in [6.07, 6.45) is 2.64. The molecule has 3 amide bonds. The molecule has 2 bridgehead atoms. The number of anilines is 1. The van der Waals surface area contributed by atoms with Crippen LogP contribution in [-0.2, 0) is 19.1 Å². The third-order valence-electron chi connectivity index (χ3n) is 4.67. The second-order valence-electron chi connectivity index (χ2n) is 6.67. The molecule has 2 heterocycles. The van der Waals surface area contributed by atoms with Crippen molar-refractivity contribution in [2.75, 3.05) is 5.32 Å². The highest BCUT2D eigenvalue weighted by atomic mass is 16.5. The molecule has 1 saturated heterocycles. The number of carboxylic acids is 1. The summed E-state index contributed by atoms with van der Waals surface area (Å²) in [4.78, 5) is 47.2. The monoisotopic (exact) mass is 373 g/mol. The summed E-state index contributed by atoms with van der Waals surface area (Å²) in [6, 6.07) is 6.07. The Hall–Kier alpha value is -3.20. The first-order valence-corrected chi connectivity index (χ1v) is 8.29. The van der Waals surface area contributed by atoms with Crippen molar-refractivity contribution in [3.8, 4) is 0 Å². The van der Waals surface area contributed by atoms with E-state index >= 15 is 0 Å². The molecule has 1 fully saturated rings. The molecule has 9 nitrogen and oxygen atoms in total. The van der Waals surface area contributed by atoms with Crippen LogP contribution < -0.4 is 16.2 Å². The van der Waals surface area contributed by atoms with Crippen molar-refractivity contribution in [2.24, 2.45) is 11.8 Å². The van der Waals surface area contributed by atoms with Crippen LogP contribution >= 0.6 is 0 Å². The lowest BCUT2D eigenvalue weighted by Gasteiger charge is -2.27. The molecular weight excluding hydrogens is 354 g/mol. The minimum Gasteiger partial charge on any atom is -0.481 e. The molecule has 4 atom stereocenters. The van der Waals surface area contributed by atoms with Gasteiger partial charge >= 0.3 is 5.97 Å². The van der Waals surface area contributed by atoms with Crippen LogP contribution in [0.2, 0.25) is 0 Å². The molecule has 2 aliphatic heterocycles. The first-order valence-electron chi connectivity index (χ1n) is 8.29. The van der Waals surface area contributed by atoms with Crippen LogP contribution in [0, 0.1) is 11.8 Å². The number of aliphatic carboxylic acids is 1.